The van der Waals surface area contributed by atoms with E-state index in [4.69, 9.17) is 5.11 Å². The summed E-state index contributed by atoms with van der Waals surface area (Å²) in [6.07, 6.45) is 2.07. The molecule has 5 nitrogen and oxygen atoms in total. The number of nitrogens with one attached hydrogen (secondary N) is 1. The van der Waals surface area contributed by atoms with E-state index in [9.17, 15) is 9.59 Å². The van der Waals surface area contributed by atoms with Crippen LogP contribution in [-0.4, -0.2) is 47.6 Å². The number of likely N-dealkylation sites (tertiary alicyclic amines) is 1. The fraction of sp³-hybridized carbons (Fsp3) is 0.857. The molecule has 1 rings (SSSR count). The molecule has 0 aromatic rings. The van der Waals surface area contributed by atoms with Gasteiger partial charge in [-0.2, -0.15) is 0 Å². The molecule has 0 aromatic carbocycles. The van der Waals surface area contributed by atoms with Crippen LogP contribution in [0.4, 0.5) is 0 Å². The van der Waals surface area contributed by atoms with Crippen molar-refractivity contribution in [3.05, 3.63) is 0 Å². The van der Waals surface area contributed by atoms with Gasteiger partial charge in [0.25, 0.3) is 0 Å². The lowest BCUT2D eigenvalue weighted by atomic mass is 10.0. The first-order chi connectivity index (χ1) is 8.97. The molecule has 1 aliphatic heterocycles. The van der Waals surface area contributed by atoms with Gasteiger partial charge in [-0.05, 0) is 24.7 Å². The molecular formula is C14H26N2O3. The van der Waals surface area contributed by atoms with Crippen LogP contribution in [0.3, 0.4) is 0 Å². The highest BCUT2D eigenvalue weighted by Gasteiger charge is 2.34. The quantitative estimate of drug-likeness (QED) is 0.718. The van der Waals surface area contributed by atoms with Crippen molar-refractivity contribution < 1.29 is 14.7 Å². The van der Waals surface area contributed by atoms with E-state index in [0.717, 1.165) is 6.42 Å². The number of aliphatic hydroxyl groups is 1. The Morgan fingerprint density at radius 3 is 2.58 bits per heavy atom. The molecule has 0 aromatic heterocycles. The molecule has 0 saturated carbocycles. The fourth-order valence-electron chi connectivity index (χ4n) is 2.47. The second-order valence-corrected chi connectivity index (χ2v) is 5.74. The average Bonchev–Trinajstić information content (AvgIpc) is 2.73. The summed E-state index contributed by atoms with van der Waals surface area (Å²) in [6, 6.07) is -0.365. The summed E-state index contributed by atoms with van der Waals surface area (Å²) >= 11 is 0. The number of hydrogen-bond acceptors (Lipinski definition) is 3. The Kier molecular flexibility index (Phi) is 6.28. The number of aliphatic hydroxyl groups excluding tert-OH is 1. The first kappa shape index (κ1) is 16.0. The fourth-order valence-corrected chi connectivity index (χ4v) is 2.47. The summed E-state index contributed by atoms with van der Waals surface area (Å²) in [5.41, 5.74) is 0. The molecule has 2 atom stereocenters. The average molecular weight is 270 g/mol. The predicted molar refractivity (Wildman–Crippen MR) is 73.4 cm³/mol. The van der Waals surface area contributed by atoms with Gasteiger partial charge >= 0.3 is 0 Å². The van der Waals surface area contributed by atoms with Gasteiger partial charge in [0.05, 0.1) is 0 Å². The van der Waals surface area contributed by atoms with Crippen molar-refractivity contribution in [1.29, 1.82) is 0 Å². The molecule has 0 radical (unpaired) electrons. The van der Waals surface area contributed by atoms with Gasteiger partial charge in [0, 0.05) is 26.1 Å². The third-order valence-corrected chi connectivity index (χ3v) is 3.59. The van der Waals surface area contributed by atoms with E-state index in [0.29, 0.717) is 25.9 Å². The SMILES string of the molecule is CC(CCO)CNC(=O)C(C(C)C)N1CCCC1=O. The summed E-state index contributed by atoms with van der Waals surface area (Å²) in [7, 11) is 0. The van der Waals surface area contributed by atoms with Crippen LogP contribution in [0.2, 0.25) is 0 Å². The number of hydrogen-bond donors (Lipinski definition) is 2. The molecule has 1 aliphatic rings. The molecule has 1 heterocycles. The van der Waals surface area contributed by atoms with Crippen molar-refractivity contribution in [2.24, 2.45) is 11.8 Å². The Morgan fingerprint density at radius 2 is 2.11 bits per heavy atom. The number of amides is 2. The highest BCUT2D eigenvalue weighted by molar-refractivity contribution is 5.88. The maximum atomic E-state index is 12.3. The Balaban J connectivity index is 2.56. The third kappa shape index (κ3) is 4.49. The van der Waals surface area contributed by atoms with Crippen LogP contribution in [0.1, 0.15) is 40.0 Å². The largest absolute Gasteiger partial charge is 0.396 e. The predicted octanol–water partition coefficient (Wildman–Crippen LogP) is 0.768. The van der Waals surface area contributed by atoms with Gasteiger partial charge in [0.15, 0.2) is 0 Å². The topological polar surface area (TPSA) is 69.6 Å². The Morgan fingerprint density at radius 1 is 1.42 bits per heavy atom. The highest BCUT2D eigenvalue weighted by Crippen LogP contribution is 2.19. The lowest BCUT2D eigenvalue weighted by molar-refractivity contribution is -0.139. The van der Waals surface area contributed by atoms with Crippen molar-refractivity contribution in [1.82, 2.24) is 10.2 Å². The number of carbonyl (C=O) groups is 2. The van der Waals surface area contributed by atoms with Crippen LogP contribution in [0.15, 0.2) is 0 Å². The van der Waals surface area contributed by atoms with Crippen LogP contribution in [-0.2, 0) is 9.59 Å². The molecular weight excluding hydrogens is 244 g/mol. The Hall–Kier alpha value is -1.10. The second-order valence-electron chi connectivity index (χ2n) is 5.74. The zero-order valence-corrected chi connectivity index (χ0v) is 12.2. The first-order valence-electron chi connectivity index (χ1n) is 7.15. The van der Waals surface area contributed by atoms with Gasteiger partial charge in [-0.15, -0.1) is 0 Å². The summed E-state index contributed by atoms with van der Waals surface area (Å²) in [5, 5.41) is 11.7. The molecule has 1 fully saturated rings. The minimum Gasteiger partial charge on any atom is -0.396 e. The van der Waals surface area contributed by atoms with E-state index in [-0.39, 0.29) is 36.3 Å². The van der Waals surface area contributed by atoms with Crippen molar-refractivity contribution in [3.8, 4) is 0 Å². The molecule has 0 spiro atoms. The van der Waals surface area contributed by atoms with Gasteiger partial charge in [-0.25, -0.2) is 0 Å². The number of nitrogens with zero attached hydrogens (tertiary/aromatic N) is 1. The molecule has 5 heteroatoms. The number of rotatable bonds is 7. The maximum Gasteiger partial charge on any atom is 0.243 e. The van der Waals surface area contributed by atoms with Gasteiger partial charge in [0.2, 0.25) is 11.8 Å². The van der Waals surface area contributed by atoms with Gasteiger partial charge < -0.3 is 15.3 Å². The summed E-state index contributed by atoms with van der Waals surface area (Å²) in [5.74, 6) is 0.360. The highest BCUT2D eigenvalue weighted by atomic mass is 16.3. The van der Waals surface area contributed by atoms with Crippen molar-refractivity contribution in [2.45, 2.75) is 46.1 Å². The normalized spacial score (nSPS) is 18.8. The molecule has 110 valence electrons. The van der Waals surface area contributed by atoms with E-state index in [1.807, 2.05) is 20.8 Å². The van der Waals surface area contributed by atoms with Gasteiger partial charge in [-0.3, -0.25) is 9.59 Å². The van der Waals surface area contributed by atoms with Crippen LogP contribution >= 0.6 is 0 Å². The van der Waals surface area contributed by atoms with Gasteiger partial charge in [-0.1, -0.05) is 20.8 Å². The van der Waals surface area contributed by atoms with Crippen molar-refractivity contribution in [3.63, 3.8) is 0 Å². The summed E-state index contributed by atoms with van der Waals surface area (Å²) in [6.45, 7) is 7.28. The summed E-state index contributed by atoms with van der Waals surface area (Å²) in [4.78, 5) is 25.7. The van der Waals surface area contributed by atoms with Crippen LogP contribution in [0.25, 0.3) is 0 Å². The third-order valence-electron chi connectivity index (χ3n) is 3.59. The van der Waals surface area contributed by atoms with E-state index in [1.165, 1.54) is 0 Å². The van der Waals surface area contributed by atoms with Crippen LogP contribution < -0.4 is 5.32 Å². The Labute approximate surface area is 115 Å². The lowest BCUT2D eigenvalue weighted by Crippen LogP contribution is -2.51. The van der Waals surface area contributed by atoms with Crippen LogP contribution in [0, 0.1) is 11.8 Å². The second kappa shape index (κ2) is 7.48. The smallest absolute Gasteiger partial charge is 0.243 e. The van der Waals surface area contributed by atoms with Gasteiger partial charge in [0.1, 0.15) is 6.04 Å². The Bertz CT molecular complexity index is 318. The molecule has 0 bridgehead atoms. The van der Waals surface area contributed by atoms with Crippen molar-refractivity contribution in [2.75, 3.05) is 19.7 Å². The zero-order valence-electron chi connectivity index (χ0n) is 12.2. The lowest BCUT2D eigenvalue weighted by Gasteiger charge is -2.30. The minimum atomic E-state index is -0.365. The van der Waals surface area contributed by atoms with E-state index in [2.05, 4.69) is 5.32 Å². The molecule has 2 unspecified atom stereocenters. The molecule has 19 heavy (non-hydrogen) atoms. The van der Waals surface area contributed by atoms with E-state index < -0.39 is 0 Å². The molecule has 1 saturated heterocycles. The van der Waals surface area contributed by atoms with Crippen LogP contribution in [0.5, 0.6) is 0 Å². The number of carbonyl (C=O) groups excluding carboxylic acids is 2. The minimum absolute atomic E-state index is 0.0740. The zero-order chi connectivity index (χ0) is 14.4. The summed E-state index contributed by atoms with van der Waals surface area (Å²) < 4.78 is 0. The monoisotopic (exact) mass is 270 g/mol. The molecule has 2 amide bonds. The first-order valence-corrected chi connectivity index (χ1v) is 7.15. The van der Waals surface area contributed by atoms with E-state index >= 15 is 0 Å². The maximum absolute atomic E-state index is 12.3. The van der Waals surface area contributed by atoms with E-state index in [1.54, 1.807) is 4.90 Å². The standard InChI is InChI=1S/C14H26N2O3/c1-10(2)13(16-7-4-5-12(16)18)14(19)15-9-11(3)6-8-17/h10-11,13,17H,4-9H2,1-3H3,(H,15,19). The molecule has 2 N–H and O–H groups in total. The molecule has 0 aliphatic carbocycles. The van der Waals surface area contributed by atoms with Crippen molar-refractivity contribution >= 4 is 11.8 Å².